The van der Waals surface area contributed by atoms with Gasteiger partial charge >= 0.3 is 0 Å². The highest BCUT2D eigenvalue weighted by Gasteiger charge is 2.16. The van der Waals surface area contributed by atoms with Crippen LogP contribution in [0.15, 0.2) is 97.6 Å². The molecule has 0 unspecified atom stereocenters. The molecule has 0 amide bonds. The Kier molecular flexibility index (Phi) is 12.5. The van der Waals surface area contributed by atoms with Crippen molar-refractivity contribution in [2.75, 3.05) is 14.2 Å². The van der Waals surface area contributed by atoms with Gasteiger partial charge in [-0.2, -0.15) is 10.2 Å². The van der Waals surface area contributed by atoms with Crippen LogP contribution in [-0.2, 0) is 13.2 Å². The number of carbonyl (C=O) groups is 2. The minimum atomic E-state index is 0.221. The maximum absolute atomic E-state index is 11.3. The molecule has 12 nitrogen and oxygen atoms in total. The molecule has 0 fully saturated rings. The standard InChI is InChI=1S/2C20H21N3O3/c2*1-14(2)23-18(8-10-22-23)20-15(5-4-9-21-20)13-26-19-7-6-17(25-3)11-16(19)12-24/h2*4-12,14H,13H2,1-3H3. The first-order chi connectivity index (χ1) is 25.3. The molecule has 12 heteroatoms. The van der Waals surface area contributed by atoms with E-state index in [2.05, 4.69) is 47.9 Å². The van der Waals surface area contributed by atoms with Gasteiger partial charge in [0.25, 0.3) is 0 Å². The number of methoxy groups -OCH3 is 2. The monoisotopic (exact) mass is 702 g/mol. The third-order valence-corrected chi connectivity index (χ3v) is 8.04. The van der Waals surface area contributed by atoms with Gasteiger partial charge in [0.2, 0.25) is 0 Å². The molecule has 2 aromatic carbocycles. The fourth-order valence-corrected chi connectivity index (χ4v) is 5.46. The van der Waals surface area contributed by atoms with Crippen molar-refractivity contribution in [1.82, 2.24) is 29.5 Å². The lowest BCUT2D eigenvalue weighted by Gasteiger charge is -2.14. The molecular weight excluding hydrogens is 660 g/mol. The first-order valence-electron chi connectivity index (χ1n) is 16.7. The number of rotatable bonds is 14. The summed E-state index contributed by atoms with van der Waals surface area (Å²) in [6.07, 6.45) is 8.55. The topological polar surface area (TPSA) is 132 Å². The lowest BCUT2D eigenvalue weighted by Crippen LogP contribution is -2.08. The minimum Gasteiger partial charge on any atom is -0.497 e. The predicted molar refractivity (Wildman–Crippen MR) is 197 cm³/mol. The van der Waals surface area contributed by atoms with E-state index in [1.165, 1.54) is 0 Å². The summed E-state index contributed by atoms with van der Waals surface area (Å²) in [5.41, 5.74) is 6.24. The molecule has 268 valence electrons. The summed E-state index contributed by atoms with van der Waals surface area (Å²) in [5.74, 6) is 2.24. The van der Waals surface area contributed by atoms with Gasteiger partial charge in [-0.3, -0.25) is 28.9 Å². The van der Waals surface area contributed by atoms with Crippen LogP contribution in [0.4, 0.5) is 0 Å². The Labute approximate surface area is 303 Å². The van der Waals surface area contributed by atoms with E-state index in [0.29, 0.717) is 47.3 Å². The van der Waals surface area contributed by atoms with E-state index in [9.17, 15) is 9.59 Å². The summed E-state index contributed by atoms with van der Waals surface area (Å²) < 4.78 is 25.9. The molecule has 52 heavy (non-hydrogen) atoms. The molecule has 0 N–H and O–H groups in total. The molecule has 0 aliphatic rings. The number of pyridine rings is 2. The Morgan fingerprint density at radius 2 is 1.02 bits per heavy atom. The average molecular weight is 703 g/mol. The van der Waals surface area contributed by atoms with Crippen LogP contribution < -0.4 is 18.9 Å². The molecule has 6 rings (SSSR count). The Morgan fingerprint density at radius 1 is 0.596 bits per heavy atom. The fourth-order valence-electron chi connectivity index (χ4n) is 5.46. The highest BCUT2D eigenvalue weighted by molar-refractivity contribution is 5.80. The van der Waals surface area contributed by atoms with E-state index in [0.717, 1.165) is 46.5 Å². The van der Waals surface area contributed by atoms with Crippen LogP contribution in [0.5, 0.6) is 23.0 Å². The number of nitrogens with zero attached hydrogens (tertiary/aromatic N) is 6. The van der Waals surface area contributed by atoms with E-state index in [1.54, 1.807) is 75.4 Å². The van der Waals surface area contributed by atoms with E-state index >= 15 is 0 Å². The number of ether oxygens (including phenoxy) is 4. The second-order valence-corrected chi connectivity index (χ2v) is 12.2. The van der Waals surface area contributed by atoms with Crippen LogP contribution >= 0.6 is 0 Å². The zero-order chi connectivity index (χ0) is 37.0. The summed E-state index contributed by atoms with van der Waals surface area (Å²) in [6.45, 7) is 8.87. The molecule has 4 heterocycles. The summed E-state index contributed by atoms with van der Waals surface area (Å²) in [7, 11) is 3.12. The quantitative estimate of drug-likeness (QED) is 0.103. The van der Waals surface area contributed by atoms with E-state index in [-0.39, 0.29) is 12.1 Å². The molecule has 0 saturated carbocycles. The van der Waals surface area contributed by atoms with Gasteiger partial charge in [-0.25, -0.2) is 0 Å². The van der Waals surface area contributed by atoms with Crippen molar-refractivity contribution in [3.8, 4) is 45.8 Å². The van der Waals surface area contributed by atoms with Crippen molar-refractivity contribution < 1.29 is 28.5 Å². The molecule has 0 aliphatic carbocycles. The molecule has 0 spiro atoms. The van der Waals surface area contributed by atoms with Gasteiger partial charge in [0.15, 0.2) is 12.6 Å². The van der Waals surface area contributed by atoms with Gasteiger partial charge in [-0.1, -0.05) is 12.1 Å². The number of benzene rings is 2. The lowest BCUT2D eigenvalue weighted by atomic mass is 10.1. The normalized spacial score (nSPS) is 10.8. The van der Waals surface area contributed by atoms with Crippen LogP contribution in [0.3, 0.4) is 0 Å². The SMILES string of the molecule is COc1ccc(OCc2cccnc2-c2ccnn2C(C)C)c(C=O)c1.COc1ccc(OCc2cccnc2-c2ccnn2C(C)C)c(C=O)c1. The number of aldehydes is 2. The number of aromatic nitrogens is 6. The number of carbonyl (C=O) groups excluding carboxylic acids is 2. The van der Waals surface area contributed by atoms with E-state index < -0.39 is 0 Å². The molecule has 0 saturated heterocycles. The first kappa shape index (κ1) is 37.0. The summed E-state index contributed by atoms with van der Waals surface area (Å²) in [6, 6.07) is 22.3. The number of hydrogen-bond donors (Lipinski definition) is 0. The summed E-state index contributed by atoms with van der Waals surface area (Å²) in [4.78, 5) is 31.7. The zero-order valence-corrected chi connectivity index (χ0v) is 30.1. The third-order valence-electron chi connectivity index (χ3n) is 8.04. The molecule has 6 aromatic rings. The average Bonchev–Trinajstić information content (AvgIpc) is 3.88. The molecule has 0 radical (unpaired) electrons. The molecule has 4 aromatic heterocycles. The highest BCUT2D eigenvalue weighted by Crippen LogP contribution is 2.29. The molecular formula is C40H42N6O6. The Morgan fingerprint density at radius 3 is 1.38 bits per heavy atom. The minimum absolute atomic E-state index is 0.221. The van der Waals surface area contributed by atoms with Crippen LogP contribution in [0.25, 0.3) is 22.8 Å². The Hall–Kier alpha value is -6.30. The molecule has 0 atom stereocenters. The van der Waals surface area contributed by atoms with Crippen LogP contribution in [0, 0.1) is 0 Å². The summed E-state index contributed by atoms with van der Waals surface area (Å²) in [5, 5.41) is 8.75. The Bertz CT molecular complexity index is 1950. The Balaban J connectivity index is 0.000000201. The van der Waals surface area contributed by atoms with Crippen molar-refractivity contribution in [2.45, 2.75) is 53.0 Å². The maximum Gasteiger partial charge on any atom is 0.153 e. The van der Waals surface area contributed by atoms with Gasteiger partial charge in [-0.05, 0) is 88.4 Å². The van der Waals surface area contributed by atoms with Crippen molar-refractivity contribution in [1.29, 1.82) is 0 Å². The van der Waals surface area contributed by atoms with Crippen LogP contribution in [0.1, 0.15) is 71.6 Å². The maximum atomic E-state index is 11.3. The second kappa shape index (κ2) is 17.6. The fraction of sp³-hybridized carbons (Fsp3) is 0.250. The second-order valence-electron chi connectivity index (χ2n) is 12.2. The van der Waals surface area contributed by atoms with Gasteiger partial charge in [-0.15, -0.1) is 0 Å². The van der Waals surface area contributed by atoms with Crippen LogP contribution in [0.2, 0.25) is 0 Å². The first-order valence-corrected chi connectivity index (χ1v) is 16.7. The van der Waals surface area contributed by atoms with Crippen LogP contribution in [-0.4, -0.2) is 56.3 Å². The largest absolute Gasteiger partial charge is 0.497 e. The van der Waals surface area contributed by atoms with E-state index in [4.69, 9.17) is 18.9 Å². The smallest absolute Gasteiger partial charge is 0.153 e. The zero-order valence-electron chi connectivity index (χ0n) is 30.1. The van der Waals surface area contributed by atoms with Gasteiger partial charge < -0.3 is 18.9 Å². The van der Waals surface area contributed by atoms with E-state index in [1.807, 2.05) is 45.8 Å². The predicted octanol–water partition coefficient (Wildman–Crippen LogP) is 7.85. The van der Waals surface area contributed by atoms with Crippen molar-refractivity contribution in [2.24, 2.45) is 0 Å². The highest BCUT2D eigenvalue weighted by atomic mass is 16.5. The molecule has 0 bridgehead atoms. The van der Waals surface area contributed by atoms with Gasteiger partial charge in [0.1, 0.15) is 36.2 Å². The van der Waals surface area contributed by atoms with Gasteiger partial charge in [0, 0.05) is 48.0 Å². The molecule has 0 aliphatic heterocycles. The van der Waals surface area contributed by atoms with Crippen molar-refractivity contribution in [3.05, 3.63) is 120 Å². The van der Waals surface area contributed by atoms with Crippen molar-refractivity contribution >= 4 is 12.6 Å². The third kappa shape index (κ3) is 8.70. The van der Waals surface area contributed by atoms with Crippen molar-refractivity contribution in [3.63, 3.8) is 0 Å². The van der Waals surface area contributed by atoms with Gasteiger partial charge in [0.05, 0.1) is 48.1 Å². The lowest BCUT2D eigenvalue weighted by molar-refractivity contribution is 0.111. The number of hydrogen-bond acceptors (Lipinski definition) is 10. The summed E-state index contributed by atoms with van der Waals surface area (Å²) >= 11 is 0.